The molecule has 31 heavy (non-hydrogen) atoms. The van der Waals surface area contributed by atoms with E-state index in [-0.39, 0.29) is 23.8 Å². The van der Waals surface area contributed by atoms with Gasteiger partial charge >= 0.3 is 0 Å². The highest BCUT2D eigenvalue weighted by Crippen LogP contribution is 2.30. The van der Waals surface area contributed by atoms with Gasteiger partial charge in [0.15, 0.2) is 0 Å². The Morgan fingerprint density at radius 1 is 0.903 bits per heavy atom. The number of benzene rings is 2. The summed E-state index contributed by atoms with van der Waals surface area (Å²) in [4.78, 5) is 45.1. The minimum atomic E-state index is -0.779. The SMILES string of the molecule is O=C(CN1CCC(c2ccc([N+](=O)[O-])cc2)CC1)Nc1ccc([N+](=O)[O-])cc1[N+](=O)[O-]. The van der Waals surface area contributed by atoms with Crippen LogP contribution >= 0.6 is 0 Å². The normalized spacial score (nSPS) is 14.7. The summed E-state index contributed by atoms with van der Waals surface area (Å²) in [7, 11) is 0. The van der Waals surface area contributed by atoms with Crippen molar-refractivity contribution in [3.63, 3.8) is 0 Å². The number of nitrogens with zero attached hydrogens (tertiary/aromatic N) is 4. The quantitative estimate of drug-likeness (QED) is 0.518. The fourth-order valence-electron chi connectivity index (χ4n) is 3.58. The number of likely N-dealkylation sites (tertiary alicyclic amines) is 1. The van der Waals surface area contributed by atoms with Gasteiger partial charge in [-0.2, -0.15) is 0 Å². The number of anilines is 1. The Morgan fingerprint density at radius 2 is 1.48 bits per heavy atom. The van der Waals surface area contributed by atoms with Crippen LogP contribution in [0.15, 0.2) is 42.5 Å². The van der Waals surface area contributed by atoms with Crippen molar-refractivity contribution in [2.45, 2.75) is 18.8 Å². The van der Waals surface area contributed by atoms with Crippen LogP contribution in [-0.4, -0.2) is 45.2 Å². The van der Waals surface area contributed by atoms with E-state index in [1.165, 1.54) is 12.1 Å². The molecule has 0 radical (unpaired) electrons. The molecule has 3 rings (SSSR count). The molecule has 0 spiro atoms. The molecule has 0 bridgehead atoms. The van der Waals surface area contributed by atoms with Crippen LogP contribution in [0.1, 0.15) is 24.3 Å². The Labute approximate surface area is 175 Å². The lowest BCUT2D eigenvalue weighted by atomic mass is 9.89. The van der Waals surface area contributed by atoms with Crippen molar-refractivity contribution in [3.8, 4) is 0 Å². The molecule has 0 aliphatic carbocycles. The molecule has 1 aliphatic heterocycles. The van der Waals surface area contributed by atoms with Gasteiger partial charge in [0, 0.05) is 18.2 Å². The minimum Gasteiger partial charge on any atom is -0.319 e. The average Bonchev–Trinajstić information content (AvgIpc) is 2.74. The van der Waals surface area contributed by atoms with Crippen molar-refractivity contribution in [2.75, 3.05) is 25.0 Å². The lowest BCUT2D eigenvalue weighted by Gasteiger charge is -2.31. The van der Waals surface area contributed by atoms with Gasteiger partial charge in [-0.05, 0) is 43.5 Å². The fraction of sp³-hybridized carbons (Fsp3) is 0.316. The van der Waals surface area contributed by atoms with Gasteiger partial charge in [-0.1, -0.05) is 12.1 Å². The zero-order chi connectivity index (χ0) is 22.5. The summed E-state index contributed by atoms with van der Waals surface area (Å²) in [6, 6.07) is 9.51. The van der Waals surface area contributed by atoms with E-state index < -0.39 is 32.1 Å². The van der Waals surface area contributed by atoms with Gasteiger partial charge in [-0.25, -0.2) is 0 Å². The third-order valence-electron chi connectivity index (χ3n) is 5.19. The highest BCUT2D eigenvalue weighted by molar-refractivity contribution is 5.94. The molecule has 0 atom stereocenters. The second-order valence-corrected chi connectivity index (χ2v) is 7.16. The van der Waals surface area contributed by atoms with Crippen molar-refractivity contribution in [1.82, 2.24) is 4.90 Å². The van der Waals surface area contributed by atoms with Crippen LogP contribution in [-0.2, 0) is 4.79 Å². The highest BCUT2D eigenvalue weighted by atomic mass is 16.6. The van der Waals surface area contributed by atoms with Crippen LogP contribution < -0.4 is 5.32 Å². The molecule has 1 saturated heterocycles. The standard InChI is InChI=1S/C19H19N5O7/c25-19(20-17-6-5-16(23(28)29)11-18(17)24(30)31)12-21-9-7-14(8-10-21)13-1-3-15(4-2-13)22(26)27/h1-6,11,14H,7-10,12H2,(H,20,25). The predicted molar refractivity (Wildman–Crippen MR) is 110 cm³/mol. The summed E-state index contributed by atoms with van der Waals surface area (Å²) in [6.07, 6.45) is 1.53. The van der Waals surface area contributed by atoms with Crippen molar-refractivity contribution in [1.29, 1.82) is 0 Å². The molecule has 162 valence electrons. The topological polar surface area (TPSA) is 162 Å². The first-order chi connectivity index (χ1) is 14.7. The van der Waals surface area contributed by atoms with Gasteiger partial charge in [0.05, 0.1) is 27.4 Å². The highest BCUT2D eigenvalue weighted by Gasteiger charge is 2.24. The number of non-ortho nitro benzene ring substituents is 2. The van der Waals surface area contributed by atoms with Crippen molar-refractivity contribution in [3.05, 3.63) is 78.4 Å². The second kappa shape index (κ2) is 9.26. The van der Waals surface area contributed by atoms with Gasteiger partial charge in [-0.3, -0.25) is 40.0 Å². The Hall–Kier alpha value is -3.93. The zero-order valence-electron chi connectivity index (χ0n) is 16.3. The number of amides is 1. The summed E-state index contributed by atoms with van der Waals surface area (Å²) in [5.74, 6) is -0.221. The van der Waals surface area contributed by atoms with Crippen LogP contribution in [0.2, 0.25) is 0 Å². The number of nitro benzene ring substituents is 3. The Bertz CT molecular complexity index is 1020. The number of hydrogen-bond acceptors (Lipinski definition) is 8. The van der Waals surface area contributed by atoms with Crippen molar-refractivity contribution in [2.24, 2.45) is 0 Å². The summed E-state index contributed by atoms with van der Waals surface area (Å²) < 4.78 is 0. The largest absolute Gasteiger partial charge is 0.319 e. The van der Waals surface area contributed by atoms with E-state index in [2.05, 4.69) is 5.32 Å². The number of rotatable bonds is 7. The third kappa shape index (κ3) is 5.36. The number of piperidine rings is 1. The molecule has 1 aliphatic rings. The van der Waals surface area contributed by atoms with E-state index in [0.717, 1.165) is 36.6 Å². The molecule has 0 saturated carbocycles. The lowest BCUT2D eigenvalue weighted by molar-refractivity contribution is -0.393. The Kier molecular flexibility index (Phi) is 6.50. The van der Waals surface area contributed by atoms with Gasteiger partial charge in [-0.15, -0.1) is 0 Å². The maximum atomic E-state index is 12.4. The van der Waals surface area contributed by atoms with Crippen LogP contribution in [0.5, 0.6) is 0 Å². The van der Waals surface area contributed by atoms with E-state index >= 15 is 0 Å². The molecule has 0 unspecified atom stereocenters. The molecule has 1 heterocycles. The zero-order valence-corrected chi connectivity index (χ0v) is 16.3. The smallest absolute Gasteiger partial charge is 0.299 e. The summed E-state index contributed by atoms with van der Waals surface area (Å²) >= 11 is 0. The van der Waals surface area contributed by atoms with E-state index in [1.807, 2.05) is 4.90 Å². The molecule has 12 heteroatoms. The summed E-state index contributed by atoms with van der Waals surface area (Å²) in [6.45, 7) is 1.27. The maximum absolute atomic E-state index is 12.4. The fourth-order valence-corrected chi connectivity index (χ4v) is 3.58. The summed E-state index contributed by atoms with van der Waals surface area (Å²) in [5, 5.41) is 35.2. The van der Waals surface area contributed by atoms with Crippen molar-refractivity contribution >= 4 is 28.7 Å². The average molecular weight is 429 g/mol. The minimum absolute atomic E-state index is 0.0289. The molecule has 0 aromatic heterocycles. The maximum Gasteiger partial charge on any atom is 0.299 e. The van der Waals surface area contributed by atoms with Gasteiger partial charge in [0.25, 0.3) is 17.1 Å². The molecule has 1 N–H and O–H groups in total. The molecule has 2 aromatic rings. The molecule has 1 amide bonds. The first-order valence-electron chi connectivity index (χ1n) is 9.44. The third-order valence-corrected chi connectivity index (χ3v) is 5.19. The molecular weight excluding hydrogens is 410 g/mol. The monoisotopic (exact) mass is 429 g/mol. The lowest BCUT2D eigenvalue weighted by Crippen LogP contribution is -2.38. The van der Waals surface area contributed by atoms with E-state index in [4.69, 9.17) is 0 Å². The molecule has 12 nitrogen and oxygen atoms in total. The first-order valence-corrected chi connectivity index (χ1v) is 9.44. The molecule has 2 aromatic carbocycles. The van der Waals surface area contributed by atoms with E-state index in [1.54, 1.807) is 12.1 Å². The Balaban J connectivity index is 1.56. The number of carbonyl (C=O) groups excluding carboxylic acids is 1. The number of hydrogen-bond donors (Lipinski definition) is 1. The van der Waals surface area contributed by atoms with Crippen LogP contribution in [0.3, 0.4) is 0 Å². The van der Waals surface area contributed by atoms with Gasteiger partial charge in [0.2, 0.25) is 5.91 Å². The Morgan fingerprint density at radius 3 is 2.03 bits per heavy atom. The van der Waals surface area contributed by atoms with Gasteiger partial charge < -0.3 is 5.32 Å². The molecule has 1 fully saturated rings. The first kappa shape index (κ1) is 21.8. The number of carbonyl (C=O) groups is 1. The van der Waals surface area contributed by atoms with Crippen molar-refractivity contribution < 1.29 is 19.6 Å². The van der Waals surface area contributed by atoms with E-state index in [9.17, 15) is 35.1 Å². The van der Waals surface area contributed by atoms with Gasteiger partial charge in [0.1, 0.15) is 5.69 Å². The number of nitrogens with one attached hydrogen (secondary N) is 1. The van der Waals surface area contributed by atoms with Crippen LogP contribution in [0.25, 0.3) is 0 Å². The summed E-state index contributed by atoms with van der Waals surface area (Å²) in [5.41, 5.74) is -0.0202. The predicted octanol–water partition coefficient (Wildman–Crippen LogP) is 3.23. The number of nitro groups is 3. The van der Waals surface area contributed by atoms with E-state index in [0.29, 0.717) is 13.1 Å². The second-order valence-electron chi connectivity index (χ2n) is 7.16. The van der Waals surface area contributed by atoms with Crippen LogP contribution in [0, 0.1) is 30.3 Å². The molecular formula is C19H19N5O7. The van der Waals surface area contributed by atoms with Crippen LogP contribution in [0.4, 0.5) is 22.7 Å².